The van der Waals surface area contributed by atoms with Crippen LogP contribution < -0.4 is 10.5 Å². The molecule has 0 aliphatic carbocycles. The predicted molar refractivity (Wildman–Crippen MR) is 61.3 cm³/mol. The minimum Gasteiger partial charge on any atom is -0.480 e. The van der Waals surface area contributed by atoms with Crippen molar-refractivity contribution in [2.24, 2.45) is 5.73 Å². The second kappa shape index (κ2) is 4.95. The molecular weight excluding hydrogens is 301 g/mol. The Bertz CT molecular complexity index is 434. The summed E-state index contributed by atoms with van der Waals surface area (Å²) in [6, 6.07) is 4.42. The van der Waals surface area contributed by atoms with Crippen LogP contribution in [0.25, 0.3) is 0 Å². The van der Waals surface area contributed by atoms with Gasteiger partial charge >= 0.3 is 6.18 Å². The molecule has 1 rings (SSSR count). The van der Waals surface area contributed by atoms with Crippen LogP contribution in [0.15, 0.2) is 22.7 Å². The van der Waals surface area contributed by atoms with E-state index in [2.05, 4.69) is 15.9 Å². The lowest BCUT2D eigenvalue weighted by Crippen LogP contribution is -2.32. The fraction of sp³-hybridized carbons (Fsp3) is 0.300. The Morgan fingerprint density at radius 2 is 2.06 bits per heavy atom. The summed E-state index contributed by atoms with van der Waals surface area (Å²) in [5.74, 6) is -0.432. The van der Waals surface area contributed by atoms with Gasteiger partial charge in [-0.1, -0.05) is 6.07 Å². The number of nitrogen functional groups attached to an aromatic ring is 1. The van der Waals surface area contributed by atoms with Crippen molar-refractivity contribution in [3.63, 3.8) is 0 Å². The molecule has 0 spiro atoms. The summed E-state index contributed by atoms with van der Waals surface area (Å²) in [5, 5.41) is 7.30. The summed E-state index contributed by atoms with van der Waals surface area (Å²) in [4.78, 5) is 0. The van der Waals surface area contributed by atoms with Gasteiger partial charge in [-0.3, -0.25) is 5.41 Å². The van der Waals surface area contributed by atoms with Crippen molar-refractivity contribution in [2.45, 2.75) is 19.2 Å². The molecule has 1 aromatic carbocycles. The lowest BCUT2D eigenvalue weighted by atomic mass is 10.2. The molecule has 94 valence electrons. The maximum atomic E-state index is 12.3. The smallest absolute Gasteiger partial charge is 0.425 e. The van der Waals surface area contributed by atoms with E-state index in [0.717, 1.165) is 6.92 Å². The zero-order chi connectivity index (χ0) is 13.2. The molecule has 3 N–H and O–H groups in total. The van der Waals surface area contributed by atoms with Crippen LogP contribution in [0.1, 0.15) is 12.5 Å². The maximum Gasteiger partial charge on any atom is 0.425 e. The van der Waals surface area contributed by atoms with Gasteiger partial charge in [0.05, 0.1) is 5.56 Å². The SMILES string of the molecule is CC(Oc1cccc(Br)c1C(=N)N)C(F)(F)F. The van der Waals surface area contributed by atoms with Gasteiger partial charge < -0.3 is 10.5 Å². The second-order valence-corrected chi connectivity index (χ2v) is 4.18. The summed E-state index contributed by atoms with van der Waals surface area (Å²) in [6.45, 7) is 0.894. The van der Waals surface area contributed by atoms with Gasteiger partial charge in [0.1, 0.15) is 11.6 Å². The number of hydrogen-bond donors (Lipinski definition) is 2. The van der Waals surface area contributed by atoms with Crippen LogP contribution in [0.5, 0.6) is 5.75 Å². The highest BCUT2D eigenvalue weighted by Gasteiger charge is 2.38. The van der Waals surface area contributed by atoms with Gasteiger partial charge in [-0.15, -0.1) is 0 Å². The van der Waals surface area contributed by atoms with Gasteiger partial charge in [-0.2, -0.15) is 13.2 Å². The first-order chi connectivity index (χ1) is 7.73. The Hall–Kier alpha value is -1.24. The van der Waals surface area contributed by atoms with Crippen LogP contribution in [0.4, 0.5) is 13.2 Å². The van der Waals surface area contributed by atoms with Gasteiger partial charge in [0.15, 0.2) is 6.10 Å². The van der Waals surface area contributed by atoms with Gasteiger partial charge in [-0.05, 0) is 35.0 Å². The molecule has 0 aliphatic heterocycles. The molecule has 0 fully saturated rings. The van der Waals surface area contributed by atoms with Gasteiger partial charge in [-0.25, -0.2) is 0 Å². The molecule has 0 heterocycles. The van der Waals surface area contributed by atoms with Crippen LogP contribution in [0.2, 0.25) is 0 Å². The van der Waals surface area contributed by atoms with Gasteiger partial charge in [0.25, 0.3) is 0 Å². The van der Waals surface area contributed by atoms with Gasteiger partial charge in [0.2, 0.25) is 0 Å². The molecule has 0 radical (unpaired) electrons. The molecular formula is C10H10BrF3N2O. The molecule has 0 saturated heterocycles. The Morgan fingerprint density at radius 1 is 1.47 bits per heavy atom. The Morgan fingerprint density at radius 3 is 2.53 bits per heavy atom. The Kier molecular flexibility index (Phi) is 4.03. The highest BCUT2D eigenvalue weighted by molar-refractivity contribution is 9.10. The van der Waals surface area contributed by atoms with E-state index in [1.165, 1.54) is 12.1 Å². The average Bonchev–Trinajstić information content (AvgIpc) is 2.15. The zero-order valence-electron chi connectivity index (χ0n) is 8.81. The molecule has 7 heteroatoms. The first-order valence-electron chi connectivity index (χ1n) is 4.59. The van der Waals surface area contributed by atoms with E-state index in [1.807, 2.05) is 0 Å². The number of ether oxygens (including phenoxy) is 1. The largest absolute Gasteiger partial charge is 0.480 e. The molecule has 0 saturated carbocycles. The third-order valence-electron chi connectivity index (χ3n) is 2.01. The fourth-order valence-corrected chi connectivity index (χ4v) is 1.68. The number of rotatable bonds is 3. The van der Waals surface area contributed by atoms with E-state index in [9.17, 15) is 13.2 Å². The zero-order valence-corrected chi connectivity index (χ0v) is 10.4. The number of halogens is 4. The first kappa shape index (κ1) is 13.8. The van der Waals surface area contributed by atoms with E-state index >= 15 is 0 Å². The average molecular weight is 311 g/mol. The monoisotopic (exact) mass is 310 g/mol. The highest BCUT2D eigenvalue weighted by atomic mass is 79.9. The van der Waals surface area contributed by atoms with Crippen LogP contribution in [0.3, 0.4) is 0 Å². The lowest BCUT2D eigenvalue weighted by molar-refractivity contribution is -0.189. The Balaban J connectivity index is 3.07. The second-order valence-electron chi connectivity index (χ2n) is 3.33. The van der Waals surface area contributed by atoms with Crippen LogP contribution in [-0.2, 0) is 0 Å². The molecule has 0 bridgehead atoms. The summed E-state index contributed by atoms with van der Waals surface area (Å²) in [6.07, 6.45) is -6.42. The first-order valence-corrected chi connectivity index (χ1v) is 5.39. The summed E-state index contributed by atoms with van der Waals surface area (Å²) < 4.78 is 42.2. The molecule has 17 heavy (non-hydrogen) atoms. The minimum atomic E-state index is -4.46. The number of hydrogen-bond acceptors (Lipinski definition) is 2. The maximum absolute atomic E-state index is 12.3. The van der Waals surface area contributed by atoms with Crippen LogP contribution in [-0.4, -0.2) is 18.1 Å². The molecule has 0 amide bonds. The summed E-state index contributed by atoms with van der Waals surface area (Å²) in [7, 11) is 0. The number of amidine groups is 1. The van der Waals surface area contributed by atoms with E-state index in [4.69, 9.17) is 15.9 Å². The molecule has 0 aliphatic rings. The van der Waals surface area contributed by atoms with Crippen LogP contribution >= 0.6 is 15.9 Å². The molecule has 3 nitrogen and oxygen atoms in total. The molecule has 1 unspecified atom stereocenters. The summed E-state index contributed by atoms with van der Waals surface area (Å²) in [5.41, 5.74) is 5.41. The van der Waals surface area contributed by atoms with E-state index in [0.29, 0.717) is 4.47 Å². The van der Waals surface area contributed by atoms with E-state index in [1.54, 1.807) is 6.07 Å². The predicted octanol–water partition coefficient (Wildman–Crippen LogP) is 3.06. The van der Waals surface area contributed by atoms with Crippen molar-refractivity contribution in [3.05, 3.63) is 28.2 Å². The standard InChI is InChI=1S/C10H10BrF3N2O/c1-5(10(12,13)14)17-7-4-2-3-6(11)8(7)9(15)16/h2-5H,1H3,(H3,15,16). The van der Waals surface area contributed by atoms with Crippen molar-refractivity contribution in [1.82, 2.24) is 0 Å². The fourth-order valence-electron chi connectivity index (χ4n) is 1.12. The van der Waals surface area contributed by atoms with Crippen molar-refractivity contribution in [1.29, 1.82) is 5.41 Å². The van der Waals surface area contributed by atoms with Gasteiger partial charge in [0, 0.05) is 4.47 Å². The lowest BCUT2D eigenvalue weighted by Gasteiger charge is -2.19. The third-order valence-corrected chi connectivity index (χ3v) is 2.67. The Labute approximate surface area is 104 Å². The highest BCUT2D eigenvalue weighted by Crippen LogP contribution is 2.30. The van der Waals surface area contributed by atoms with Crippen molar-refractivity contribution in [2.75, 3.05) is 0 Å². The number of nitrogens with two attached hydrogens (primary N) is 1. The third kappa shape index (κ3) is 3.36. The van der Waals surface area contributed by atoms with E-state index in [-0.39, 0.29) is 17.1 Å². The van der Waals surface area contributed by atoms with Crippen LogP contribution in [0, 0.1) is 5.41 Å². The summed E-state index contributed by atoms with van der Waals surface area (Å²) >= 11 is 3.11. The van der Waals surface area contributed by atoms with Crippen molar-refractivity contribution < 1.29 is 17.9 Å². The number of alkyl halides is 3. The van der Waals surface area contributed by atoms with E-state index < -0.39 is 12.3 Å². The number of nitrogens with one attached hydrogen (secondary N) is 1. The van der Waals surface area contributed by atoms with Crippen molar-refractivity contribution in [3.8, 4) is 5.75 Å². The van der Waals surface area contributed by atoms with Crippen molar-refractivity contribution >= 4 is 21.8 Å². The minimum absolute atomic E-state index is 0.0725. The quantitative estimate of drug-likeness (QED) is 0.666. The number of benzene rings is 1. The molecule has 1 aromatic rings. The molecule has 1 atom stereocenters. The molecule has 0 aromatic heterocycles. The topological polar surface area (TPSA) is 59.1 Å². The normalized spacial score (nSPS) is 13.2.